The zero-order chi connectivity index (χ0) is 18.5. The van der Waals surface area contributed by atoms with Crippen LogP contribution in [0.4, 0.5) is 10.1 Å². The lowest BCUT2D eigenvalue weighted by atomic mass is 10.2. The van der Waals surface area contributed by atoms with Gasteiger partial charge < -0.3 is 10.0 Å². The summed E-state index contributed by atoms with van der Waals surface area (Å²) < 4.78 is 18.6. The van der Waals surface area contributed by atoms with Gasteiger partial charge in [0.05, 0.1) is 6.20 Å². The Morgan fingerprint density at radius 2 is 2.00 bits per heavy atom. The van der Waals surface area contributed by atoms with E-state index in [1.54, 1.807) is 16.9 Å². The minimum absolute atomic E-state index is 0.265. The van der Waals surface area contributed by atoms with E-state index in [4.69, 9.17) is 0 Å². The molecule has 0 bridgehead atoms. The molecule has 3 aromatic rings. The molecular formula is C19H19FN4OS. The molecular weight excluding hydrogens is 351 g/mol. The van der Waals surface area contributed by atoms with Crippen LogP contribution in [0.5, 0.6) is 0 Å². The first kappa shape index (κ1) is 18.0. The third-order valence-corrected chi connectivity index (χ3v) is 4.52. The highest BCUT2D eigenvalue weighted by Gasteiger charge is 2.10. The Bertz CT molecular complexity index is 908. The second-order valence-corrected chi connectivity index (χ2v) is 6.83. The number of nitrogens with one attached hydrogen (secondary N) is 2. The monoisotopic (exact) mass is 370 g/mol. The molecule has 0 aliphatic carbocycles. The summed E-state index contributed by atoms with van der Waals surface area (Å²) in [5.41, 5.74) is 2.85. The maximum absolute atomic E-state index is 13.9. The summed E-state index contributed by atoms with van der Waals surface area (Å²) in [4.78, 5) is 13.3. The highest BCUT2D eigenvalue weighted by molar-refractivity contribution is 8.00. The Hall–Kier alpha value is -2.80. The number of amides is 1. The summed E-state index contributed by atoms with van der Waals surface area (Å²) in [5.74, 6) is -0.803. The van der Waals surface area contributed by atoms with Crippen LogP contribution in [0.1, 0.15) is 21.5 Å². The van der Waals surface area contributed by atoms with Gasteiger partial charge in [-0.05, 0) is 49.2 Å². The third kappa shape index (κ3) is 4.86. The van der Waals surface area contributed by atoms with E-state index in [0.717, 1.165) is 10.5 Å². The number of carbonyl (C=O) groups is 1. The molecule has 0 radical (unpaired) electrons. The van der Waals surface area contributed by atoms with Crippen molar-refractivity contribution in [2.75, 3.05) is 4.72 Å². The van der Waals surface area contributed by atoms with Gasteiger partial charge in [0, 0.05) is 41.5 Å². The first-order chi connectivity index (χ1) is 12.5. The van der Waals surface area contributed by atoms with Gasteiger partial charge in [-0.25, -0.2) is 4.39 Å². The zero-order valence-electron chi connectivity index (χ0n) is 14.5. The van der Waals surface area contributed by atoms with Crippen LogP contribution in [-0.4, -0.2) is 15.7 Å². The fourth-order valence-corrected chi connectivity index (χ4v) is 2.98. The number of nitrogens with zero attached hydrogens (tertiary/aromatic N) is 2. The summed E-state index contributed by atoms with van der Waals surface area (Å²) >= 11 is 1.36. The van der Waals surface area contributed by atoms with Gasteiger partial charge in [0.1, 0.15) is 5.82 Å². The molecule has 2 N–H and O–H groups in total. The van der Waals surface area contributed by atoms with Crippen LogP contribution in [0.3, 0.4) is 0 Å². The maximum Gasteiger partial charge on any atom is 0.251 e. The Morgan fingerprint density at radius 3 is 2.69 bits per heavy atom. The molecule has 134 valence electrons. The summed E-state index contributed by atoms with van der Waals surface area (Å²) in [6, 6.07) is 12.2. The van der Waals surface area contributed by atoms with Gasteiger partial charge in [0.2, 0.25) is 0 Å². The number of rotatable bonds is 6. The van der Waals surface area contributed by atoms with Crippen LogP contribution in [-0.2, 0) is 13.6 Å². The van der Waals surface area contributed by atoms with E-state index in [9.17, 15) is 9.18 Å². The molecule has 0 saturated heterocycles. The number of anilines is 1. The number of halogens is 1. The first-order valence-corrected chi connectivity index (χ1v) is 8.87. The van der Waals surface area contributed by atoms with Gasteiger partial charge in [-0.2, -0.15) is 5.10 Å². The van der Waals surface area contributed by atoms with Crippen molar-refractivity contribution in [3.05, 3.63) is 77.4 Å². The van der Waals surface area contributed by atoms with E-state index in [0.29, 0.717) is 12.2 Å². The van der Waals surface area contributed by atoms with Crippen molar-refractivity contribution < 1.29 is 9.18 Å². The quantitative estimate of drug-likeness (QED) is 0.646. The van der Waals surface area contributed by atoms with Crippen LogP contribution in [0.25, 0.3) is 0 Å². The molecule has 0 aliphatic rings. The van der Waals surface area contributed by atoms with Crippen molar-refractivity contribution in [3.8, 4) is 0 Å². The molecule has 0 fully saturated rings. The van der Waals surface area contributed by atoms with Gasteiger partial charge >= 0.3 is 0 Å². The van der Waals surface area contributed by atoms with Crippen molar-refractivity contribution in [1.82, 2.24) is 15.1 Å². The number of carbonyl (C=O) groups excluding carboxylic acids is 1. The van der Waals surface area contributed by atoms with Gasteiger partial charge in [0.15, 0.2) is 0 Å². The van der Waals surface area contributed by atoms with Crippen LogP contribution < -0.4 is 10.0 Å². The molecule has 0 spiro atoms. The van der Waals surface area contributed by atoms with E-state index in [2.05, 4.69) is 15.1 Å². The summed E-state index contributed by atoms with van der Waals surface area (Å²) in [6.07, 6.45) is 3.49. The van der Waals surface area contributed by atoms with E-state index in [-0.39, 0.29) is 11.5 Å². The van der Waals surface area contributed by atoms with Gasteiger partial charge in [-0.15, -0.1) is 0 Å². The second kappa shape index (κ2) is 8.05. The van der Waals surface area contributed by atoms with Crippen molar-refractivity contribution >= 4 is 23.5 Å². The lowest BCUT2D eigenvalue weighted by molar-refractivity contribution is 0.0950. The molecule has 26 heavy (non-hydrogen) atoms. The molecule has 0 saturated carbocycles. The molecule has 7 heteroatoms. The SMILES string of the molecule is Cc1ccc(SNc2cc(F)cc(C(=O)NCc3cnn(C)c3)c2)cc1. The van der Waals surface area contributed by atoms with Crippen LogP contribution >= 0.6 is 11.9 Å². The molecule has 0 atom stereocenters. The molecule has 2 aromatic carbocycles. The lowest BCUT2D eigenvalue weighted by Crippen LogP contribution is -2.22. The molecule has 1 amide bonds. The number of hydrogen-bond acceptors (Lipinski definition) is 4. The third-order valence-electron chi connectivity index (χ3n) is 3.68. The van der Waals surface area contributed by atoms with Crippen molar-refractivity contribution in [2.24, 2.45) is 7.05 Å². The lowest BCUT2D eigenvalue weighted by Gasteiger charge is -2.09. The van der Waals surface area contributed by atoms with Crippen molar-refractivity contribution in [3.63, 3.8) is 0 Å². The predicted molar refractivity (Wildman–Crippen MR) is 101 cm³/mol. The standard InChI is InChI=1S/C19H19FN4OS/c1-13-3-5-18(6-4-13)26-23-17-8-15(7-16(20)9-17)19(25)21-10-14-11-22-24(2)12-14/h3-9,11-12,23H,10H2,1-2H3,(H,21,25). The largest absolute Gasteiger partial charge is 0.348 e. The first-order valence-electron chi connectivity index (χ1n) is 8.05. The highest BCUT2D eigenvalue weighted by atomic mass is 32.2. The molecule has 3 rings (SSSR count). The normalized spacial score (nSPS) is 10.6. The Labute approximate surface area is 155 Å². The van der Waals surface area contributed by atoms with E-state index in [1.165, 1.54) is 29.6 Å². The highest BCUT2D eigenvalue weighted by Crippen LogP contribution is 2.23. The van der Waals surface area contributed by atoms with Gasteiger partial charge in [0.25, 0.3) is 5.91 Å². The number of aromatic nitrogens is 2. The predicted octanol–water partition coefficient (Wildman–Crippen LogP) is 3.92. The zero-order valence-corrected chi connectivity index (χ0v) is 15.3. The van der Waals surface area contributed by atoms with E-state index >= 15 is 0 Å². The van der Waals surface area contributed by atoms with Crippen LogP contribution in [0.15, 0.2) is 59.8 Å². The fourth-order valence-electron chi connectivity index (χ4n) is 2.35. The van der Waals surface area contributed by atoms with Gasteiger partial charge in [-0.1, -0.05) is 17.7 Å². The Morgan fingerprint density at radius 1 is 1.23 bits per heavy atom. The van der Waals surface area contributed by atoms with Crippen LogP contribution in [0, 0.1) is 12.7 Å². The summed E-state index contributed by atoms with van der Waals surface area (Å²) in [6.45, 7) is 2.36. The number of aryl methyl sites for hydroxylation is 2. The number of benzene rings is 2. The Kier molecular flexibility index (Phi) is 5.58. The molecule has 1 heterocycles. The summed E-state index contributed by atoms with van der Waals surface area (Å²) in [5, 5.41) is 6.82. The topological polar surface area (TPSA) is 59.0 Å². The van der Waals surface area contributed by atoms with Crippen molar-refractivity contribution in [1.29, 1.82) is 0 Å². The summed E-state index contributed by atoms with van der Waals surface area (Å²) in [7, 11) is 1.81. The number of hydrogen-bond donors (Lipinski definition) is 2. The molecule has 1 aromatic heterocycles. The smallest absolute Gasteiger partial charge is 0.251 e. The molecule has 0 aliphatic heterocycles. The molecule has 5 nitrogen and oxygen atoms in total. The second-order valence-electron chi connectivity index (χ2n) is 5.95. The molecule has 0 unspecified atom stereocenters. The van der Waals surface area contributed by atoms with E-state index in [1.807, 2.05) is 44.4 Å². The minimum Gasteiger partial charge on any atom is -0.348 e. The minimum atomic E-state index is -0.467. The van der Waals surface area contributed by atoms with E-state index < -0.39 is 5.82 Å². The van der Waals surface area contributed by atoms with Crippen LogP contribution in [0.2, 0.25) is 0 Å². The Balaban J connectivity index is 1.64. The van der Waals surface area contributed by atoms with Gasteiger partial charge in [-0.3, -0.25) is 9.48 Å². The fraction of sp³-hybridized carbons (Fsp3) is 0.158. The van der Waals surface area contributed by atoms with Crippen molar-refractivity contribution in [2.45, 2.75) is 18.4 Å². The average molecular weight is 370 g/mol. The average Bonchev–Trinajstić information content (AvgIpc) is 3.04. The maximum atomic E-state index is 13.9.